The van der Waals surface area contributed by atoms with E-state index in [-0.39, 0.29) is 60.8 Å². The third-order valence-electron chi connectivity index (χ3n) is 4.23. The van der Waals surface area contributed by atoms with Gasteiger partial charge in [0.1, 0.15) is 5.75 Å². The lowest BCUT2D eigenvalue weighted by Crippen LogP contribution is -2.48. The summed E-state index contributed by atoms with van der Waals surface area (Å²) in [5.74, 6) is -0.00752. The molecule has 0 radical (unpaired) electrons. The number of amides is 1. The zero-order chi connectivity index (χ0) is 20.6. The monoisotopic (exact) mass is 530 g/mol. The van der Waals surface area contributed by atoms with Crippen LogP contribution in [0, 0.1) is 0 Å². The highest BCUT2D eigenvalue weighted by Crippen LogP contribution is 2.26. The van der Waals surface area contributed by atoms with E-state index in [0.717, 1.165) is 0 Å². The van der Waals surface area contributed by atoms with Gasteiger partial charge in [-0.1, -0.05) is 18.2 Å². The molecule has 0 spiro atoms. The standard InChI is InChI=1S/C18H25F3N4O3.HI/c1-2-27-17(26)25-11-8-14(9-12-25)24-16(22)23-10-7-13-5-3-4-6-15(13)28-18(19,20)21;/h3-6,14H,2,7-12H2,1H3,(H3,22,23,24);1H. The van der Waals surface area contributed by atoms with E-state index in [2.05, 4.69) is 15.0 Å². The third kappa shape index (κ3) is 8.96. The summed E-state index contributed by atoms with van der Waals surface area (Å²) in [5.41, 5.74) is 6.28. The van der Waals surface area contributed by atoms with E-state index in [1.54, 1.807) is 24.0 Å². The molecule has 0 aliphatic carbocycles. The molecule has 7 nitrogen and oxygen atoms in total. The summed E-state index contributed by atoms with van der Waals surface area (Å²) in [4.78, 5) is 17.5. The van der Waals surface area contributed by atoms with Gasteiger partial charge in [0.05, 0.1) is 6.61 Å². The van der Waals surface area contributed by atoms with Crippen LogP contribution in [0.25, 0.3) is 0 Å². The van der Waals surface area contributed by atoms with Crippen LogP contribution in [0.3, 0.4) is 0 Å². The van der Waals surface area contributed by atoms with Gasteiger partial charge in [0.15, 0.2) is 5.96 Å². The molecular formula is C18H26F3IN4O3. The maximum absolute atomic E-state index is 12.4. The van der Waals surface area contributed by atoms with Crippen LogP contribution in [0.4, 0.5) is 18.0 Å². The summed E-state index contributed by atoms with van der Waals surface area (Å²) in [5, 5.41) is 3.09. The number of nitrogens with two attached hydrogens (primary N) is 1. The fourth-order valence-corrected chi connectivity index (χ4v) is 2.91. The summed E-state index contributed by atoms with van der Waals surface area (Å²) >= 11 is 0. The lowest BCUT2D eigenvalue weighted by atomic mass is 10.1. The number of para-hydroxylation sites is 1. The maximum atomic E-state index is 12.4. The predicted octanol–water partition coefficient (Wildman–Crippen LogP) is 3.27. The molecule has 2 rings (SSSR count). The third-order valence-corrected chi connectivity index (χ3v) is 4.23. The van der Waals surface area contributed by atoms with Crippen molar-refractivity contribution in [3.05, 3.63) is 29.8 Å². The van der Waals surface area contributed by atoms with Crippen molar-refractivity contribution < 1.29 is 27.4 Å². The number of guanidine groups is 1. The van der Waals surface area contributed by atoms with Gasteiger partial charge in [-0.05, 0) is 37.8 Å². The second-order valence-corrected chi connectivity index (χ2v) is 6.28. The number of hydrogen-bond donors (Lipinski definition) is 2. The number of alkyl halides is 3. The highest BCUT2D eigenvalue weighted by Gasteiger charge is 2.31. The highest BCUT2D eigenvalue weighted by molar-refractivity contribution is 14.0. The Morgan fingerprint density at radius 1 is 1.31 bits per heavy atom. The first-order valence-corrected chi connectivity index (χ1v) is 9.10. The number of rotatable bonds is 6. The van der Waals surface area contributed by atoms with Crippen LogP contribution in [-0.2, 0) is 11.2 Å². The molecule has 164 valence electrons. The van der Waals surface area contributed by atoms with Gasteiger partial charge in [-0.2, -0.15) is 0 Å². The fraction of sp³-hybridized carbons (Fsp3) is 0.556. The summed E-state index contributed by atoms with van der Waals surface area (Å²) in [6, 6.07) is 6.03. The van der Waals surface area contributed by atoms with Crippen molar-refractivity contribution in [1.82, 2.24) is 10.2 Å². The minimum atomic E-state index is -4.74. The Morgan fingerprint density at radius 3 is 2.59 bits per heavy atom. The molecule has 0 unspecified atom stereocenters. The Labute approximate surface area is 184 Å². The van der Waals surface area contributed by atoms with Crippen molar-refractivity contribution in [3.8, 4) is 5.75 Å². The largest absolute Gasteiger partial charge is 0.573 e. The van der Waals surface area contributed by atoms with Gasteiger partial charge >= 0.3 is 12.5 Å². The van der Waals surface area contributed by atoms with Crippen LogP contribution in [0.15, 0.2) is 29.3 Å². The van der Waals surface area contributed by atoms with Crippen molar-refractivity contribution in [2.24, 2.45) is 10.7 Å². The van der Waals surface area contributed by atoms with Crippen LogP contribution < -0.4 is 15.8 Å². The molecule has 0 atom stereocenters. The predicted molar refractivity (Wildman–Crippen MR) is 113 cm³/mol. The van der Waals surface area contributed by atoms with E-state index in [1.165, 1.54) is 12.1 Å². The molecule has 1 heterocycles. The van der Waals surface area contributed by atoms with Crippen molar-refractivity contribution in [3.63, 3.8) is 0 Å². The summed E-state index contributed by atoms with van der Waals surface area (Å²) < 4.78 is 46.3. The van der Waals surface area contributed by atoms with Crippen molar-refractivity contribution >= 4 is 36.0 Å². The van der Waals surface area contributed by atoms with Gasteiger partial charge in [-0.3, -0.25) is 4.99 Å². The lowest BCUT2D eigenvalue weighted by molar-refractivity contribution is -0.274. The number of aliphatic imine (C=N–C) groups is 1. The quantitative estimate of drug-likeness (QED) is 0.335. The van der Waals surface area contributed by atoms with Crippen molar-refractivity contribution in [1.29, 1.82) is 0 Å². The zero-order valence-electron chi connectivity index (χ0n) is 16.1. The molecule has 0 aromatic heterocycles. The maximum Gasteiger partial charge on any atom is 0.573 e. The average Bonchev–Trinajstić information content (AvgIpc) is 2.63. The number of carbonyl (C=O) groups is 1. The van der Waals surface area contributed by atoms with Gasteiger partial charge in [0.2, 0.25) is 0 Å². The van der Waals surface area contributed by atoms with Crippen molar-refractivity contribution in [2.75, 3.05) is 26.2 Å². The number of nitrogens with zero attached hydrogens (tertiary/aromatic N) is 2. The normalized spacial score (nSPS) is 15.4. The molecule has 1 fully saturated rings. The molecule has 29 heavy (non-hydrogen) atoms. The molecule has 3 N–H and O–H groups in total. The van der Waals surface area contributed by atoms with Gasteiger partial charge in [-0.25, -0.2) is 4.79 Å². The van der Waals surface area contributed by atoms with E-state index in [1.807, 2.05) is 0 Å². The molecule has 1 aliphatic rings. The molecule has 0 bridgehead atoms. The van der Waals surface area contributed by atoms with Crippen LogP contribution >= 0.6 is 24.0 Å². The Morgan fingerprint density at radius 2 is 1.97 bits per heavy atom. The molecule has 1 aromatic rings. The van der Waals surface area contributed by atoms with Crippen molar-refractivity contribution in [2.45, 2.75) is 38.6 Å². The van der Waals surface area contributed by atoms with E-state index < -0.39 is 6.36 Å². The van der Waals surface area contributed by atoms with Crippen LogP contribution in [0.1, 0.15) is 25.3 Å². The number of hydrogen-bond acceptors (Lipinski definition) is 4. The number of ether oxygens (including phenoxy) is 2. The number of benzene rings is 1. The van der Waals surface area contributed by atoms with Gasteiger partial charge in [-0.15, -0.1) is 37.1 Å². The fourth-order valence-electron chi connectivity index (χ4n) is 2.91. The number of piperidine rings is 1. The van der Waals surface area contributed by atoms with Gasteiger partial charge in [0.25, 0.3) is 0 Å². The summed E-state index contributed by atoms with van der Waals surface area (Å²) in [6.45, 7) is 3.45. The summed E-state index contributed by atoms with van der Waals surface area (Å²) in [7, 11) is 0. The number of carbonyl (C=O) groups excluding carboxylic acids is 1. The minimum absolute atomic E-state index is 0. The van der Waals surface area contributed by atoms with E-state index in [9.17, 15) is 18.0 Å². The van der Waals surface area contributed by atoms with Crippen LogP contribution in [0.5, 0.6) is 5.75 Å². The molecule has 1 amide bonds. The number of halogens is 4. The lowest BCUT2D eigenvalue weighted by Gasteiger charge is -2.31. The SMILES string of the molecule is CCOC(=O)N1CCC(NC(N)=NCCc2ccccc2OC(F)(F)F)CC1.I. The van der Waals surface area contributed by atoms with Crippen LogP contribution in [-0.4, -0.2) is 55.6 Å². The molecule has 11 heteroatoms. The topological polar surface area (TPSA) is 89.2 Å². The molecule has 1 saturated heterocycles. The second-order valence-electron chi connectivity index (χ2n) is 6.28. The smallest absolute Gasteiger partial charge is 0.450 e. The van der Waals surface area contributed by atoms with Gasteiger partial charge < -0.3 is 25.4 Å². The molecule has 1 aromatic carbocycles. The zero-order valence-corrected chi connectivity index (χ0v) is 18.4. The Balaban J connectivity index is 0.00000420. The molecule has 1 aliphatic heterocycles. The number of likely N-dealkylation sites (tertiary alicyclic amines) is 1. The van der Waals surface area contributed by atoms with E-state index >= 15 is 0 Å². The Bertz CT molecular complexity index is 681. The summed E-state index contributed by atoms with van der Waals surface area (Å²) in [6.07, 6.45) is -3.38. The molecular weight excluding hydrogens is 504 g/mol. The van der Waals surface area contributed by atoms with E-state index in [0.29, 0.717) is 38.1 Å². The second kappa shape index (κ2) is 11.9. The first-order chi connectivity index (χ1) is 13.3. The first-order valence-electron chi connectivity index (χ1n) is 9.10. The van der Waals surface area contributed by atoms with Gasteiger partial charge in [0, 0.05) is 25.7 Å². The highest BCUT2D eigenvalue weighted by atomic mass is 127. The molecule has 0 saturated carbocycles. The van der Waals surface area contributed by atoms with E-state index in [4.69, 9.17) is 10.5 Å². The average molecular weight is 530 g/mol. The Kier molecular flexibility index (Phi) is 10.3. The Hall–Kier alpha value is -1.92. The van der Waals surface area contributed by atoms with Crippen LogP contribution in [0.2, 0.25) is 0 Å². The first kappa shape index (κ1) is 25.1. The minimum Gasteiger partial charge on any atom is -0.450 e. The number of nitrogens with one attached hydrogen (secondary N) is 1.